The summed E-state index contributed by atoms with van der Waals surface area (Å²) in [5, 5.41) is 4.78. The van der Waals surface area contributed by atoms with Gasteiger partial charge in [0.2, 0.25) is 0 Å². The van der Waals surface area contributed by atoms with Gasteiger partial charge >= 0.3 is 5.97 Å². The summed E-state index contributed by atoms with van der Waals surface area (Å²) < 4.78 is 0. The molecule has 22 heavy (non-hydrogen) atoms. The lowest BCUT2D eigenvalue weighted by Crippen LogP contribution is -2.42. The van der Waals surface area contributed by atoms with Crippen molar-refractivity contribution in [2.75, 3.05) is 0 Å². The van der Waals surface area contributed by atoms with Crippen molar-refractivity contribution in [2.45, 2.75) is 87.7 Å². The molecule has 0 aliphatic carbocycles. The molecule has 2 unspecified atom stereocenters. The van der Waals surface area contributed by atoms with Crippen molar-refractivity contribution in [2.24, 2.45) is 22.7 Å². The van der Waals surface area contributed by atoms with Crippen LogP contribution in [0.4, 0.5) is 0 Å². The molecule has 0 amide bonds. The number of carbonyl (C=O) groups is 1. The Balaban J connectivity index is 4.89. The van der Waals surface area contributed by atoms with Crippen molar-refractivity contribution in [1.29, 1.82) is 0 Å². The Hall–Kier alpha value is -0.610. The summed E-state index contributed by atoms with van der Waals surface area (Å²) >= 11 is 0. The highest BCUT2D eigenvalue weighted by atomic mass is 17.5. The van der Waals surface area contributed by atoms with Gasteiger partial charge in [-0.05, 0) is 55.9 Å². The van der Waals surface area contributed by atoms with Crippen LogP contribution in [0.15, 0.2) is 0 Å². The predicted octanol–water partition coefficient (Wildman–Crippen LogP) is 5.32. The Bertz CT molecular complexity index is 355. The van der Waals surface area contributed by atoms with Gasteiger partial charge in [0.25, 0.3) is 0 Å². The molecule has 4 nitrogen and oxygen atoms in total. The molecule has 0 spiro atoms. The maximum Gasteiger partial charge on any atom is 0.351 e. The molecule has 0 fully saturated rings. The molecule has 2 atom stereocenters. The summed E-state index contributed by atoms with van der Waals surface area (Å²) in [6, 6.07) is 0. The third kappa shape index (κ3) is 6.25. The molecule has 0 saturated heterocycles. The van der Waals surface area contributed by atoms with Crippen LogP contribution in [0.2, 0.25) is 0 Å². The van der Waals surface area contributed by atoms with Crippen LogP contribution < -0.4 is 0 Å². The number of carbonyl (C=O) groups excluding carboxylic acids is 1. The third-order valence-electron chi connectivity index (χ3n) is 4.80. The highest BCUT2D eigenvalue weighted by Crippen LogP contribution is 2.42. The van der Waals surface area contributed by atoms with Gasteiger partial charge in [0.15, 0.2) is 0 Å². The summed E-state index contributed by atoms with van der Waals surface area (Å²) in [5.74, 6) is -0.0610. The third-order valence-corrected chi connectivity index (χ3v) is 4.80. The number of hydrogen-bond acceptors (Lipinski definition) is 4. The SMILES string of the molecule is CCC(C)(C)OOOC(=O)C(C)(C(C)C)C(C)CC(C)(C)C. The molecular formula is C18H36O4. The molecule has 0 aromatic rings. The minimum atomic E-state index is -0.618. The normalized spacial score (nSPS) is 17.2. The van der Waals surface area contributed by atoms with Crippen LogP contribution in [0.5, 0.6) is 0 Å². The maximum atomic E-state index is 12.6. The van der Waals surface area contributed by atoms with Crippen LogP contribution >= 0.6 is 0 Å². The fraction of sp³-hybridized carbons (Fsp3) is 0.944. The van der Waals surface area contributed by atoms with Crippen molar-refractivity contribution in [3.05, 3.63) is 0 Å². The lowest BCUT2D eigenvalue weighted by atomic mass is 9.65. The number of hydrogen-bond donors (Lipinski definition) is 0. The van der Waals surface area contributed by atoms with Gasteiger partial charge in [-0.3, -0.25) is 4.89 Å². The van der Waals surface area contributed by atoms with Gasteiger partial charge in [-0.25, -0.2) is 4.79 Å². The van der Waals surface area contributed by atoms with Gasteiger partial charge in [-0.1, -0.05) is 48.5 Å². The van der Waals surface area contributed by atoms with Crippen LogP contribution in [-0.2, 0) is 19.6 Å². The van der Waals surface area contributed by atoms with E-state index >= 15 is 0 Å². The van der Waals surface area contributed by atoms with Crippen LogP contribution in [-0.4, -0.2) is 11.6 Å². The molecule has 0 bridgehead atoms. The molecule has 0 radical (unpaired) electrons. The van der Waals surface area contributed by atoms with Crippen LogP contribution in [0.25, 0.3) is 0 Å². The minimum absolute atomic E-state index is 0.139. The summed E-state index contributed by atoms with van der Waals surface area (Å²) in [4.78, 5) is 22.7. The van der Waals surface area contributed by atoms with Gasteiger partial charge in [-0.15, -0.1) is 0 Å². The van der Waals surface area contributed by atoms with E-state index in [1.165, 1.54) is 0 Å². The summed E-state index contributed by atoms with van der Waals surface area (Å²) in [6.07, 6.45) is 1.69. The second-order valence-corrected chi connectivity index (χ2v) is 8.74. The average Bonchev–Trinajstić information content (AvgIpc) is 2.34. The van der Waals surface area contributed by atoms with Gasteiger partial charge < -0.3 is 0 Å². The van der Waals surface area contributed by atoms with E-state index in [-0.39, 0.29) is 23.2 Å². The van der Waals surface area contributed by atoms with E-state index in [0.717, 1.165) is 12.8 Å². The van der Waals surface area contributed by atoms with Gasteiger partial charge in [0.1, 0.15) is 5.60 Å². The molecule has 0 aliphatic heterocycles. The zero-order chi connectivity index (χ0) is 17.8. The Kier molecular flexibility index (Phi) is 7.56. The van der Waals surface area contributed by atoms with Crippen molar-refractivity contribution in [1.82, 2.24) is 0 Å². The Morgan fingerprint density at radius 2 is 1.50 bits per heavy atom. The van der Waals surface area contributed by atoms with E-state index in [2.05, 4.69) is 27.7 Å². The van der Waals surface area contributed by atoms with Crippen LogP contribution in [0, 0.1) is 22.7 Å². The zero-order valence-electron chi connectivity index (χ0n) is 16.2. The zero-order valence-corrected chi connectivity index (χ0v) is 16.2. The fourth-order valence-corrected chi connectivity index (χ4v) is 2.43. The highest BCUT2D eigenvalue weighted by molar-refractivity contribution is 5.76. The molecule has 132 valence electrons. The molecule has 0 saturated carbocycles. The number of rotatable bonds is 8. The van der Waals surface area contributed by atoms with Crippen LogP contribution in [0.1, 0.15) is 82.1 Å². The first-order chi connectivity index (χ1) is 9.76. The Morgan fingerprint density at radius 3 is 1.86 bits per heavy atom. The molecular weight excluding hydrogens is 280 g/mol. The first-order valence-corrected chi connectivity index (χ1v) is 8.33. The van der Waals surface area contributed by atoms with Crippen LogP contribution in [0.3, 0.4) is 0 Å². The Morgan fingerprint density at radius 1 is 1.00 bits per heavy atom. The average molecular weight is 316 g/mol. The summed E-state index contributed by atoms with van der Waals surface area (Å²) in [7, 11) is 0. The quantitative estimate of drug-likeness (QED) is 0.449. The maximum absolute atomic E-state index is 12.6. The smallest absolute Gasteiger partial charge is 0.268 e. The second kappa shape index (κ2) is 7.78. The highest BCUT2D eigenvalue weighted by Gasteiger charge is 2.45. The lowest BCUT2D eigenvalue weighted by molar-refractivity contribution is -0.519. The molecule has 4 heteroatoms. The van der Waals surface area contributed by atoms with E-state index in [4.69, 9.17) is 14.8 Å². The summed E-state index contributed by atoms with van der Waals surface area (Å²) in [6.45, 7) is 20.4. The standard InChI is InChI=1S/C18H36O4/c1-11-17(8,9)21-22-20-15(19)18(10,13(2)3)14(4)12-16(5,6)7/h13-14H,11-12H2,1-10H3. The largest absolute Gasteiger partial charge is 0.351 e. The van der Waals surface area contributed by atoms with E-state index in [1.54, 1.807) is 0 Å². The Labute approximate surface area is 136 Å². The molecule has 0 rings (SSSR count). The van der Waals surface area contributed by atoms with E-state index < -0.39 is 11.0 Å². The van der Waals surface area contributed by atoms with E-state index in [0.29, 0.717) is 0 Å². The van der Waals surface area contributed by atoms with Gasteiger partial charge in [-0.2, -0.15) is 4.89 Å². The molecule has 0 aromatic carbocycles. The van der Waals surface area contributed by atoms with Crippen molar-refractivity contribution in [3.8, 4) is 0 Å². The lowest BCUT2D eigenvalue weighted by Gasteiger charge is -2.39. The van der Waals surface area contributed by atoms with Gasteiger partial charge in [0, 0.05) is 0 Å². The summed E-state index contributed by atoms with van der Waals surface area (Å²) in [5.41, 5.74) is -0.948. The molecule has 0 aliphatic rings. The van der Waals surface area contributed by atoms with Crippen molar-refractivity contribution in [3.63, 3.8) is 0 Å². The molecule has 0 N–H and O–H groups in total. The fourth-order valence-electron chi connectivity index (χ4n) is 2.43. The van der Waals surface area contributed by atoms with Crippen molar-refractivity contribution < 1.29 is 19.6 Å². The van der Waals surface area contributed by atoms with Gasteiger partial charge in [0.05, 0.1) is 5.41 Å². The van der Waals surface area contributed by atoms with Crippen molar-refractivity contribution >= 4 is 5.97 Å². The second-order valence-electron chi connectivity index (χ2n) is 8.74. The molecule has 0 heterocycles. The first kappa shape index (κ1) is 21.4. The first-order valence-electron chi connectivity index (χ1n) is 8.33. The minimum Gasteiger partial charge on any atom is -0.268 e. The molecule has 0 aromatic heterocycles. The monoisotopic (exact) mass is 316 g/mol. The predicted molar refractivity (Wildman–Crippen MR) is 88.8 cm³/mol. The topological polar surface area (TPSA) is 44.8 Å². The van der Waals surface area contributed by atoms with E-state index in [1.807, 2.05) is 41.5 Å². The van der Waals surface area contributed by atoms with E-state index in [9.17, 15) is 4.79 Å².